The SMILES string of the molecule is Cl.Cl.NC[C@H]1CC[C@@H](C(=O)Nc2ccccc2CN2CCSCC2)O1. The minimum atomic E-state index is -0.372. The monoisotopic (exact) mass is 407 g/mol. The van der Waals surface area contributed by atoms with E-state index in [0.717, 1.165) is 38.2 Å². The zero-order chi connectivity index (χ0) is 16.1. The summed E-state index contributed by atoms with van der Waals surface area (Å²) in [5, 5.41) is 3.05. The Hall–Kier alpha value is -0.500. The average Bonchev–Trinajstić information content (AvgIpc) is 3.07. The van der Waals surface area contributed by atoms with Crippen molar-refractivity contribution in [2.75, 3.05) is 36.5 Å². The first-order valence-corrected chi connectivity index (χ1v) is 9.46. The number of nitrogens with two attached hydrogens (primary N) is 1. The molecule has 0 saturated carbocycles. The summed E-state index contributed by atoms with van der Waals surface area (Å²) < 4.78 is 5.68. The van der Waals surface area contributed by atoms with Gasteiger partial charge in [0, 0.05) is 43.4 Å². The van der Waals surface area contributed by atoms with Gasteiger partial charge in [-0.1, -0.05) is 18.2 Å². The summed E-state index contributed by atoms with van der Waals surface area (Å²) in [5.41, 5.74) is 7.68. The molecule has 1 amide bonds. The Labute approximate surface area is 166 Å². The number of hydrogen-bond donors (Lipinski definition) is 2. The molecule has 0 aromatic heterocycles. The molecule has 0 radical (unpaired) electrons. The number of rotatable bonds is 5. The predicted octanol–water partition coefficient (Wildman–Crippen LogP) is 2.52. The molecule has 3 rings (SSSR count). The van der Waals surface area contributed by atoms with Crippen molar-refractivity contribution in [3.8, 4) is 0 Å². The lowest BCUT2D eigenvalue weighted by Gasteiger charge is -2.27. The van der Waals surface area contributed by atoms with E-state index in [-0.39, 0.29) is 42.9 Å². The van der Waals surface area contributed by atoms with Crippen molar-refractivity contribution in [1.29, 1.82) is 0 Å². The van der Waals surface area contributed by atoms with Crippen LogP contribution in [0.15, 0.2) is 24.3 Å². The van der Waals surface area contributed by atoms with Crippen LogP contribution in [0.25, 0.3) is 0 Å². The first kappa shape index (κ1) is 22.5. The summed E-state index contributed by atoms with van der Waals surface area (Å²) >= 11 is 2.01. The van der Waals surface area contributed by atoms with Crippen LogP contribution in [-0.4, -0.2) is 54.2 Å². The van der Waals surface area contributed by atoms with Crippen molar-refractivity contribution < 1.29 is 9.53 Å². The third-order valence-corrected chi connectivity index (χ3v) is 5.38. The molecule has 3 N–H and O–H groups in total. The molecule has 2 heterocycles. The van der Waals surface area contributed by atoms with Crippen LogP contribution in [0.1, 0.15) is 18.4 Å². The van der Waals surface area contributed by atoms with Gasteiger partial charge in [0.25, 0.3) is 5.91 Å². The van der Waals surface area contributed by atoms with Crippen molar-refractivity contribution >= 4 is 48.2 Å². The van der Waals surface area contributed by atoms with Crippen LogP contribution >= 0.6 is 36.6 Å². The number of hydrogen-bond acceptors (Lipinski definition) is 5. The third kappa shape index (κ3) is 6.31. The summed E-state index contributed by atoms with van der Waals surface area (Å²) in [5.74, 6) is 2.32. The van der Waals surface area contributed by atoms with E-state index in [4.69, 9.17) is 10.5 Å². The van der Waals surface area contributed by atoms with Crippen molar-refractivity contribution in [3.63, 3.8) is 0 Å². The van der Waals surface area contributed by atoms with Gasteiger partial charge in [-0.05, 0) is 24.5 Å². The Bertz CT molecular complexity index is 544. The Morgan fingerprint density at radius 3 is 2.64 bits per heavy atom. The molecule has 1 aromatic carbocycles. The summed E-state index contributed by atoms with van der Waals surface area (Å²) in [6, 6.07) is 8.06. The number of carbonyl (C=O) groups excluding carboxylic acids is 1. The molecule has 1 aromatic rings. The molecular formula is C17H27Cl2N3O2S. The van der Waals surface area contributed by atoms with Gasteiger partial charge in [0.1, 0.15) is 6.10 Å². The molecule has 2 aliphatic heterocycles. The number of halogens is 2. The van der Waals surface area contributed by atoms with Crippen molar-refractivity contribution in [1.82, 2.24) is 4.90 Å². The van der Waals surface area contributed by atoms with Crippen LogP contribution in [0.3, 0.4) is 0 Å². The number of nitrogens with zero attached hydrogens (tertiary/aromatic N) is 1. The van der Waals surface area contributed by atoms with E-state index in [2.05, 4.69) is 16.3 Å². The second kappa shape index (κ2) is 11.3. The molecule has 2 saturated heterocycles. The Balaban J connectivity index is 0.00000156. The van der Waals surface area contributed by atoms with Gasteiger partial charge in [0.2, 0.25) is 0 Å². The number of anilines is 1. The minimum Gasteiger partial charge on any atom is -0.364 e. The third-order valence-electron chi connectivity index (χ3n) is 4.44. The van der Waals surface area contributed by atoms with Crippen LogP contribution in [-0.2, 0) is 16.1 Å². The highest BCUT2D eigenvalue weighted by Gasteiger charge is 2.30. The highest BCUT2D eigenvalue weighted by atomic mass is 35.5. The van der Waals surface area contributed by atoms with E-state index in [1.807, 2.05) is 30.0 Å². The number of para-hydroxylation sites is 1. The van der Waals surface area contributed by atoms with Crippen LogP contribution in [0.4, 0.5) is 5.69 Å². The van der Waals surface area contributed by atoms with Gasteiger partial charge in [0.15, 0.2) is 0 Å². The maximum absolute atomic E-state index is 12.4. The van der Waals surface area contributed by atoms with Crippen LogP contribution in [0.2, 0.25) is 0 Å². The molecule has 8 heteroatoms. The van der Waals surface area contributed by atoms with Gasteiger partial charge < -0.3 is 15.8 Å². The van der Waals surface area contributed by atoms with Crippen LogP contribution < -0.4 is 11.1 Å². The maximum atomic E-state index is 12.4. The topological polar surface area (TPSA) is 67.6 Å². The molecule has 2 fully saturated rings. The van der Waals surface area contributed by atoms with E-state index in [9.17, 15) is 4.79 Å². The zero-order valence-corrected chi connectivity index (χ0v) is 16.6. The van der Waals surface area contributed by atoms with Crippen LogP contribution in [0.5, 0.6) is 0 Å². The summed E-state index contributed by atoms with van der Waals surface area (Å²) in [6.45, 7) is 3.58. The number of benzene rings is 1. The number of thioether (sulfide) groups is 1. The fourth-order valence-corrected chi connectivity index (χ4v) is 4.04. The highest BCUT2D eigenvalue weighted by Crippen LogP contribution is 2.23. The van der Waals surface area contributed by atoms with Crippen LogP contribution in [0, 0.1) is 0 Å². The lowest BCUT2D eigenvalue weighted by Crippen LogP contribution is -2.33. The summed E-state index contributed by atoms with van der Waals surface area (Å²) in [6.07, 6.45) is 1.26. The average molecular weight is 408 g/mol. The second-order valence-electron chi connectivity index (χ2n) is 6.09. The number of amides is 1. The van der Waals surface area contributed by atoms with E-state index in [0.29, 0.717) is 6.54 Å². The molecule has 0 unspecified atom stereocenters. The largest absolute Gasteiger partial charge is 0.364 e. The lowest BCUT2D eigenvalue weighted by atomic mass is 10.1. The Morgan fingerprint density at radius 1 is 1.24 bits per heavy atom. The predicted molar refractivity (Wildman–Crippen MR) is 109 cm³/mol. The summed E-state index contributed by atoms with van der Waals surface area (Å²) in [7, 11) is 0. The number of nitrogens with one attached hydrogen (secondary N) is 1. The fourth-order valence-electron chi connectivity index (χ4n) is 3.07. The van der Waals surface area contributed by atoms with E-state index >= 15 is 0 Å². The molecule has 0 aliphatic carbocycles. The zero-order valence-electron chi connectivity index (χ0n) is 14.2. The molecule has 2 aliphatic rings. The quantitative estimate of drug-likeness (QED) is 0.784. The second-order valence-corrected chi connectivity index (χ2v) is 7.32. The normalized spacial score (nSPS) is 23.4. The van der Waals surface area contributed by atoms with Gasteiger partial charge in [-0.15, -0.1) is 24.8 Å². The molecule has 5 nitrogen and oxygen atoms in total. The van der Waals surface area contributed by atoms with Gasteiger partial charge in [0.05, 0.1) is 6.10 Å². The molecule has 2 atom stereocenters. The van der Waals surface area contributed by atoms with Gasteiger partial charge in [-0.2, -0.15) is 11.8 Å². The molecule has 142 valence electrons. The fraction of sp³-hybridized carbons (Fsp3) is 0.588. The molecule has 0 spiro atoms. The molecule has 0 bridgehead atoms. The summed E-state index contributed by atoms with van der Waals surface area (Å²) in [4.78, 5) is 14.9. The first-order chi connectivity index (χ1) is 11.3. The molecule has 25 heavy (non-hydrogen) atoms. The smallest absolute Gasteiger partial charge is 0.253 e. The van der Waals surface area contributed by atoms with Gasteiger partial charge in [-0.3, -0.25) is 9.69 Å². The van der Waals surface area contributed by atoms with Crippen molar-refractivity contribution in [3.05, 3.63) is 29.8 Å². The molecular weight excluding hydrogens is 381 g/mol. The van der Waals surface area contributed by atoms with Crippen molar-refractivity contribution in [2.24, 2.45) is 5.73 Å². The van der Waals surface area contributed by atoms with E-state index in [1.54, 1.807) is 0 Å². The highest BCUT2D eigenvalue weighted by molar-refractivity contribution is 7.99. The van der Waals surface area contributed by atoms with Gasteiger partial charge in [-0.25, -0.2) is 0 Å². The Kier molecular flexibility index (Phi) is 10.2. The maximum Gasteiger partial charge on any atom is 0.253 e. The first-order valence-electron chi connectivity index (χ1n) is 8.30. The van der Waals surface area contributed by atoms with E-state index in [1.165, 1.54) is 17.1 Å². The standard InChI is InChI=1S/C17H25N3O2S.2ClH/c18-11-14-5-6-16(22-14)17(21)19-15-4-2-1-3-13(15)12-20-7-9-23-10-8-20;;/h1-4,14,16H,5-12,18H2,(H,19,21);2*1H/t14-,16+;;/m1../s1. The number of ether oxygens (including phenoxy) is 1. The number of carbonyl (C=O) groups is 1. The Morgan fingerprint density at radius 2 is 1.96 bits per heavy atom. The van der Waals surface area contributed by atoms with Gasteiger partial charge >= 0.3 is 0 Å². The minimum absolute atomic E-state index is 0. The van der Waals surface area contributed by atoms with E-state index < -0.39 is 0 Å². The van der Waals surface area contributed by atoms with Crippen molar-refractivity contribution in [2.45, 2.75) is 31.6 Å². The lowest BCUT2D eigenvalue weighted by molar-refractivity contribution is -0.126.